The second-order valence-electron chi connectivity index (χ2n) is 7.89. The minimum absolute atomic E-state index is 0.0882. The smallest absolute Gasteiger partial charge is 0.308 e. The summed E-state index contributed by atoms with van der Waals surface area (Å²) in [5, 5.41) is 3.53. The number of carbonyl (C=O) groups excluding carboxylic acids is 1. The molecule has 5 aromatic rings. The number of fused-ring (bicyclic) bond motifs is 1. The lowest BCUT2D eigenvalue weighted by Gasteiger charge is -2.07. The highest BCUT2D eigenvalue weighted by molar-refractivity contribution is 6.30. The van der Waals surface area contributed by atoms with Crippen molar-refractivity contribution >= 4 is 28.5 Å². The van der Waals surface area contributed by atoms with Crippen LogP contribution in [-0.4, -0.2) is 33.6 Å². The van der Waals surface area contributed by atoms with Crippen molar-refractivity contribution in [2.45, 2.75) is 12.8 Å². The summed E-state index contributed by atoms with van der Waals surface area (Å²) in [7, 11) is 0. The van der Waals surface area contributed by atoms with Gasteiger partial charge in [0.05, 0.1) is 17.6 Å². The van der Waals surface area contributed by atoms with Gasteiger partial charge in [0.15, 0.2) is 0 Å². The molecule has 0 atom stereocenters. The van der Waals surface area contributed by atoms with E-state index in [-0.39, 0.29) is 12.3 Å². The first-order chi connectivity index (χ1) is 17.2. The molecule has 0 radical (unpaired) electrons. The number of oxazole rings is 1. The SMILES string of the molecule is O=C(CCc1oc(-n2cnc3ccccc32)nc1-c1ccc(Cl)cc1)NCCOc1ccccc1. The Balaban J connectivity index is 1.30. The first-order valence-corrected chi connectivity index (χ1v) is 11.7. The molecule has 35 heavy (non-hydrogen) atoms. The van der Waals surface area contributed by atoms with Gasteiger partial charge in [0.25, 0.3) is 0 Å². The molecule has 0 spiro atoms. The molecule has 0 unspecified atom stereocenters. The van der Waals surface area contributed by atoms with Crippen LogP contribution in [-0.2, 0) is 11.2 Å². The molecule has 8 heteroatoms. The number of nitrogens with one attached hydrogen (secondary N) is 1. The molecule has 0 saturated carbocycles. The van der Waals surface area contributed by atoms with Crippen LogP contribution in [0, 0.1) is 0 Å². The topological polar surface area (TPSA) is 82.2 Å². The van der Waals surface area contributed by atoms with Gasteiger partial charge in [-0.2, -0.15) is 4.98 Å². The van der Waals surface area contributed by atoms with Gasteiger partial charge in [0, 0.05) is 23.4 Å². The van der Waals surface area contributed by atoms with Gasteiger partial charge in [-0.1, -0.05) is 54.1 Å². The second kappa shape index (κ2) is 10.4. The fourth-order valence-electron chi connectivity index (χ4n) is 3.75. The Morgan fingerprint density at radius 3 is 2.60 bits per heavy atom. The molecule has 0 aliphatic carbocycles. The van der Waals surface area contributed by atoms with Crippen LogP contribution in [0.25, 0.3) is 28.3 Å². The van der Waals surface area contributed by atoms with E-state index in [1.54, 1.807) is 23.0 Å². The molecule has 0 aliphatic rings. The van der Waals surface area contributed by atoms with Gasteiger partial charge < -0.3 is 14.5 Å². The van der Waals surface area contributed by atoms with Crippen molar-refractivity contribution in [1.29, 1.82) is 0 Å². The summed E-state index contributed by atoms with van der Waals surface area (Å²) in [6.07, 6.45) is 2.33. The number of ether oxygens (including phenoxy) is 1. The lowest BCUT2D eigenvalue weighted by atomic mass is 10.1. The van der Waals surface area contributed by atoms with Crippen molar-refractivity contribution in [1.82, 2.24) is 19.9 Å². The van der Waals surface area contributed by atoms with Crippen LogP contribution in [0.2, 0.25) is 5.02 Å². The Kier molecular flexibility index (Phi) is 6.77. The lowest BCUT2D eigenvalue weighted by molar-refractivity contribution is -0.121. The summed E-state index contributed by atoms with van der Waals surface area (Å²) >= 11 is 6.07. The third-order valence-electron chi connectivity index (χ3n) is 5.48. The predicted molar refractivity (Wildman–Crippen MR) is 135 cm³/mol. The first-order valence-electron chi connectivity index (χ1n) is 11.3. The zero-order chi connectivity index (χ0) is 24.0. The third-order valence-corrected chi connectivity index (χ3v) is 5.73. The van der Waals surface area contributed by atoms with E-state index in [1.807, 2.05) is 66.7 Å². The van der Waals surface area contributed by atoms with E-state index in [0.29, 0.717) is 42.1 Å². The average Bonchev–Trinajstić information content (AvgIpc) is 3.51. The van der Waals surface area contributed by atoms with E-state index >= 15 is 0 Å². The molecule has 0 bridgehead atoms. The number of para-hydroxylation sites is 3. The highest BCUT2D eigenvalue weighted by Crippen LogP contribution is 2.29. The van der Waals surface area contributed by atoms with Gasteiger partial charge in [-0.3, -0.25) is 9.36 Å². The summed E-state index contributed by atoms with van der Waals surface area (Å²) in [6, 6.07) is 25.1. The van der Waals surface area contributed by atoms with Crippen LogP contribution >= 0.6 is 11.6 Å². The van der Waals surface area contributed by atoms with Crippen molar-refractivity contribution in [3.8, 4) is 23.0 Å². The molecule has 3 aromatic carbocycles. The van der Waals surface area contributed by atoms with Crippen molar-refractivity contribution in [2.24, 2.45) is 0 Å². The molecular weight excluding hydrogens is 464 g/mol. The first kappa shape index (κ1) is 22.7. The molecule has 0 aliphatic heterocycles. The summed E-state index contributed by atoms with van der Waals surface area (Å²) in [6.45, 7) is 0.812. The molecule has 1 amide bonds. The fraction of sp³-hybridized carbons (Fsp3) is 0.148. The Bertz CT molecular complexity index is 1430. The number of aromatic nitrogens is 3. The zero-order valence-electron chi connectivity index (χ0n) is 18.9. The molecule has 0 saturated heterocycles. The highest BCUT2D eigenvalue weighted by atomic mass is 35.5. The fourth-order valence-corrected chi connectivity index (χ4v) is 3.87. The molecule has 7 nitrogen and oxygen atoms in total. The highest BCUT2D eigenvalue weighted by Gasteiger charge is 2.19. The van der Waals surface area contributed by atoms with E-state index in [1.165, 1.54) is 0 Å². The van der Waals surface area contributed by atoms with Crippen LogP contribution in [0.5, 0.6) is 5.75 Å². The van der Waals surface area contributed by atoms with Gasteiger partial charge in [-0.15, -0.1) is 0 Å². The number of carbonyl (C=O) groups is 1. The van der Waals surface area contributed by atoms with Gasteiger partial charge in [0.2, 0.25) is 5.91 Å². The number of rotatable bonds is 9. The minimum atomic E-state index is -0.0882. The summed E-state index contributed by atoms with van der Waals surface area (Å²) in [5.41, 5.74) is 3.27. The quantitative estimate of drug-likeness (QED) is 0.280. The monoisotopic (exact) mass is 486 g/mol. The molecule has 0 fully saturated rings. The number of hydrogen-bond acceptors (Lipinski definition) is 5. The van der Waals surface area contributed by atoms with Crippen LogP contribution < -0.4 is 10.1 Å². The van der Waals surface area contributed by atoms with Gasteiger partial charge >= 0.3 is 6.01 Å². The minimum Gasteiger partial charge on any atom is -0.492 e. The van der Waals surface area contributed by atoms with Crippen LogP contribution in [0.1, 0.15) is 12.2 Å². The van der Waals surface area contributed by atoms with Crippen LogP contribution in [0.15, 0.2) is 89.6 Å². The van der Waals surface area contributed by atoms with Crippen LogP contribution in [0.3, 0.4) is 0 Å². The Morgan fingerprint density at radius 2 is 1.77 bits per heavy atom. The van der Waals surface area contributed by atoms with Gasteiger partial charge in [-0.25, -0.2) is 4.98 Å². The molecular formula is C27H23ClN4O3. The van der Waals surface area contributed by atoms with Gasteiger partial charge in [-0.05, 0) is 36.4 Å². The standard InChI is InChI=1S/C27H23ClN4O3/c28-20-12-10-19(11-13-20)26-24(14-15-25(33)29-16-17-34-21-6-2-1-3-7-21)35-27(31-26)32-18-30-22-8-4-5-9-23(22)32/h1-13,18H,14-17H2,(H,29,33). The Hall–Kier alpha value is -4.10. The number of nitrogens with zero attached hydrogens (tertiary/aromatic N) is 3. The van der Waals surface area contributed by atoms with Gasteiger partial charge in [0.1, 0.15) is 30.1 Å². The Labute approximate surface area is 207 Å². The Morgan fingerprint density at radius 1 is 1.00 bits per heavy atom. The number of imidazole rings is 1. The van der Waals surface area contributed by atoms with Crippen molar-refractivity contribution < 1.29 is 13.9 Å². The number of benzene rings is 3. The summed E-state index contributed by atoms with van der Waals surface area (Å²) < 4.78 is 13.6. The predicted octanol–water partition coefficient (Wildman–Crippen LogP) is 5.46. The molecule has 176 valence electrons. The molecule has 5 rings (SSSR count). The van der Waals surface area contributed by atoms with E-state index in [9.17, 15) is 4.79 Å². The molecule has 2 aromatic heterocycles. The maximum absolute atomic E-state index is 12.5. The lowest BCUT2D eigenvalue weighted by Crippen LogP contribution is -2.28. The number of aryl methyl sites for hydroxylation is 1. The molecule has 2 heterocycles. The largest absolute Gasteiger partial charge is 0.492 e. The van der Waals surface area contributed by atoms with E-state index < -0.39 is 0 Å². The zero-order valence-corrected chi connectivity index (χ0v) is 19.6. The summed E-state index contributed by atoms with van der Waals surface area (Å²) in [5.74, 6) is 1.31. The normalized spacial score (nSPS) is 11.0. The second-order valence-corrected chi connectivity index (χ2v) is 8.33. The maximum Gasteiger partial charge on any atom is 0.308 e. The number of hydrogen-bond donors (Lipinski definition) is 1. The van der Waals surface area contributed by atoms with Crippen molar-refractivity contribution in [3.05, 3.63) is 96.0 Å². The number of halogens is 1. The third kappa shape index (κ3) is 5.36. The van der Waals surface area contributed by atoms with Crippen LogP contribution in [0.4, 0.5) is 0 Å². The van der Waals surface area contributed by atoms with E-state index in [0.717, 1.165) is 22.3 Å². The molecule has 1 N–H and O–H groups in total. The van der Waals surface area contributed by atoms with E-state index in [2.05, 4.69) is 10.3 Å². The van der Waals surface area contributed by atoms with Crippen molar-refractivity contribution in [3.63, 3.8) is 0 Å². The maximum atomic E-state index is 12.5. The number of amides is 1. The average molecular weight is 487 g/mol. The van der Waals surface area contributed by atoms with Crippen molar-refractivity contribution in [2.75, 3.05) is 13.2 Å². The summed E-state index contributed by atoms with van der Waals surface area (Å²) in [4.78, 5) is 21.6. The van der Waals surface area contributed by atoms with E-state index in [4.69, 9.17) is 25.7 Å².